The lowest BCUT2D eigenvalue weighted by Gasteiger charge is -2.32. The first-order valence-corrected chi connectivity index (χ1v) is 8.82. The number of anilines is 1. The molecule has 134 valence electrons. The Morgan fingerprint density at radius 2 is 2.00 bits per heavy atom. The molecule has 7 heteroatoms. The molecule has 2 atom stereocenters. The average molecular weight is 365 g/mol. The third kappa shape index (κ3) is 3.63. The molecule has 25 heavy (non-hydrogen) atoms. The van der Waals surface area contributed by atoms with Crippen molar-refractivity contribution in [2.75, 3.05) is 24.5 Å². The van der Waals surface area contributed by atoms with Gasteiger partial charge >= 0.3 is 5.97 Å². The number of rotatable bonds is 3. The smallest absolute Gasteiger partial charge is 0.308 e. The summed E-state index contributed by atoms with van der Waals surface area (Å²) in [5, 5.41) is 9.76. The van der Waals surface area contributed by atoms with E-state index in [4.69, 9.17) is 11.6 Å². The third-order valence-corrected chi connectivity index (χ3v) is 5.43. The fraction of sp³-hybridized carbons (Fsp3) is 0.500. The lowest BCUT2D eigenvalue weighted by Crippen LogP contribution is -2.45. The maximum atomic E-state index is 12.7. The van der Waals surface area contributed by atoms with Gasteiger partial charge in [0.15, 0.2) is 0 Å². The first kappa shape index (κ1) is 17.7. The number of amides is 2. The number of likely N-dealkylation sites (tertiary alicyclic amines) is 1. The molecule has 0 bridgehead atoms. The summed E-state index contributed by atoms with van der Waals surface area (Å²) in [6.07, 6.45) is 1.43. The summed E-state index contributed by atoms with van der Waals surface area (Å²) in [6.45, 7) is 2.99. The second-order valence-corrected chi connectivity index (χ2v) is 7.21. The van der Waals surface area contributed by atoms with Crippen LogP contribution in [0.1, 0.15) is 24.8 Å². The molecule has 0 aliphatic carbocycles. The van der Waals surface area contributed by atoms with Crippen molar-refractivity contribution >= 4 is 35.1 Å². The summed E-state index contributed by atoms with van der Waals surface area (Å²) >= 11 is 6.14. The highest BCUT2D eigenvalue weighted by atomic mass is 35.5. The number of hydrogen-bond acceptors (Lipinski definition) is 3. The van der Waals surface area contributed by atoms with Crippen LogP contribution in [0.5, 0.6) is 0 Å². The molecule has 2 fully saturated rings. The molecule has 1 aromatic rings. The van der Waals surface area contributed by atoms with E-state index in [1.54, 1.807) is 15.9 Å². The minimum atomic E-state index is -0.865. The Hall–Kier alpha value is -2.08. The number of benzene rings is 1. The van der Waals surface area contributed by atoms with E-state index in [9.17, 15) is 19.5 Å². The highest BCUT2D eigenvalue weighted by Crippen LogP contribution is 2.30. The van der Waals surface area contributed by atoms with Gasteiger partial charge < -0.3 is 14.9 Å². The molecule has 0 aromatic heterocycles. The van der Waals surface area contributed by atoms with E-state index in [1.165, 1.54) is 0 Å². The normalized spacial score (nSPS) is 23.8. The van der Waals surface area contributed by atoms with E-state index >= 15 is 0 Å². The van der Waals surface area contributed by atoms with E-state index < -0.39 is 17.8 Å². The zero-order valence-electron chi connectivity index (χ0n) is 14.1. The van der Waals surface area contributed by atoms with Gasteiger partial charge in [0.1, 0.15) is 0 Å². The number of hydrogen-bond donors (Lipinski definition) is 1. The Bertz CT molecular complexity index is 721. The quantitative estimate of drug-likeness (QED) is 0.892. The molecular formula is C18H21ClN2O4. The van der Waals surface area contributed by atoms with Crippen LogP contribution in [0, 0.1) is 18.8 Å². The van der Waals surface area contributed by atoms with Crippen LogP contribution < -0.4 is 4.90 Å². The topological polar surface area (TPSA) is 77.9 Å². The van der Waals surface area contributed by atoms with Crippen LogP contribution in [0.15, 0.2) is 18.2 Å². The molecule has 0 saturated carbocycles. The summed E-state index contributed by atoms with van der Waals surface area (Å²) in [5.41, 5.74) is 1.62. The Balaban J connectivity index is 1.70. The van der Waals surface area contributed by atoms with Crippen LogP contribution in [0.2, 0.25) is 5.02 Å². The van der Waals surface area contributed by atoms with Gasteiger partial charge in [-0.05, 0) is 37.5 Å². The third-order valence-electron chi connectivity index (χ3n) is 5.02. The number of carboxylic acid groups (broad SMARTS) is 1. The fourth-order valence-electron chi connectivity index (χ4n) is 3.51. The van der Waals surface area contributed by atoms with Crippen molar-refractivity contribution in [3.05, 3.63) is 28.8 Å². The van der Waals surface area contributed by atoms with Gasteiger partial charge in [-0.25, -0.2) is 0 Å². The second kappa shape index (κ2) is 7.04. The van der Waals surface area contributed by atoms with Gasteiger partial charge in [-0.3, -0.25) is 14.4 Å². The molecule has 0 spiro atoms. The Kier molecular flexibility index (Phi) is 4.99. The maximum Gasteiger partial charge on any atom is 0.308 e. The zero-order chi connectivity index (χ0) is 18.1. The van der Waals surface area contributed by atoms with Crippen LogP contribution in [0.4, 0.5) is 5.69 Å². The summed E-state index contributed by atoms with van der Waals surface area (Å²) in [6, 6.07) is 5.42. The van der Waals surface area contributed by atoms with Gasteiger partial charge in [0.2, 0.25) is 11.8 Å². The highest BCUT2D eigenvalue weighted by Gasteiger charge is 2.39. The molecule has 2 amide bonds. The van der Waals surface area contributed by atoms with Crippen molar-refractivity contribution in [3.8, 4) is 0 Å². The number of nitrogens with zero attached hydrogens (tertiary/aromatic N) is 2. The molecular weight excluding hydrogens is 344 g/mol. The SMILES string of the molecule is Cc1ccc(N2CC(C(=O)N3CCCC(C(=O)O)C3)CC2=O)cc1Cl. The van der Waals surface area contributed by atoms with Gasteiger partial charge in [0.25, 0.3) is 0 Å². The molecule has 2 unspecified atom stereocenters. The van der Waals surface area contributed by atoms with Crippen LogP contribution in [-0.4, -0.2) is 47.4 Å². The Labute approximate surface area is 151 Å². The lowest BCUT2D eigenvalue weighted by atomic mass is 9.96. The molecule has 2 saturated heterocycles. The number of halogens is 1. The minimum absolute atomic E-state index is 0.106. The predicted molar refractivity (Wildman–Crippen MR) is 93.6 cm³/mol. The molecule has 1 aromatic carbocycles. The van der Waals surface area contributed by atoms with Gasteiger partial charge in [0.05, 0.1) is 11.8 Å². The molecule has 6 nitrogen and oxygen atoms in total. The van der Waals surface area contributed by atoms with Crippen molar-refractivity contribution in [2.45, 2.75) is 26.2 Å². The number of piperidine rings is 1. The first-order valence-electron chi connectivity index (χ1n) is 8.45. The Morgan fingerprint density at radius 3 is 2.68 bits per heavy atom. The second-order valence-electron chi connectivity index (χ2n) is 6.80. The Morgan fingerprint density at radius 1 is 1.24 bits per heavy atom. The van der Waals surface area contributed by atoms with Crippen molar-refractivity contribution in [1.29, 1.82) is 0 Å². The zero-order valence-corrected chi connectivity index (χ0v) is 14.8. The standard InChI is InChI=1S/C18H21ClN2O4/c1-11-4-5-14(8-15(11)19)21-10-13(7-16(21)22)17(23)20-6-2-3-12(9-20)18(24)25/h4-5,8,12-13H,2-3,6-7,9-10H2,1H3,(H,24,25). The molecule has 0 radical (unpaired) electrons. The van der Waals surface area contributed by atoms with E-state index in [2.05, 4.69) is 0 Å². The number of carboxylic acids is 1. The van der Waals surface area contributed by atoms with E-state index in [0.29, 0.717) is 36.6 Å². The summed E-state index contributed by atoms with van der Waals surface area (Å²) in [4.78, 5) is 39.5. The van der Waals surface area contributed by atoms with E-state index in [1.807, 2.05) is 19.1 Å². The molecule has 3 rings (SSSR count). The molecule has 2 aliphatic rings. The molecule has 2 aliphatic heterocycles. The lowest BCUT2D eigenvalue weighted by molar-refractivity contribution is -0.146. The van der Waals surface area contributed by atoms with Crippen molar-refractivity contribution < 1.29 is 19.5 Å². The van der Waals surface area contributed by atoms with Crippen molar-refractivity contribution in [2.24, 2.45) is 11.8 Å². The minimum Gasteiger partial charge on any atom is -0.481 e. The van der Waals surface area contributed by atoms with E-state index in [0.717, 1.165) is 5.56 Å². The fourth-order valence-corrected chi connectivity index (χ4v) is 3.68. The predicted octanol–water partition coefficient (Wildman–Crippen LogP) is 2.32. The number of aliphatic carboxylic acids is 1. The largest absolute Gasteiger partial charge is 0.481 e. The maximum absolute atomic E-state index is 12.7. The highest BCUT2D eigenvalue weighted by molar-refractivity contribution is 6.31. The van der Waals surface area contributed by atoms with Crippen LogP contribution in [-0.2, 0) is 14.4 Å². The summed E-state index contributed by atoms with van der Waals surface area (Å²) in [7, 11) is 0. The van der Waals surface area contributed by atoms with Gasteiger partial charge in [-0.15, -0.1) is 0 Å². The van der Waals surface area contributed by atoms with E-state index in [-0.39, 0.29) is 24.8 Å². The van der Waals surface area contributed by atoms with Crippen molar-refractivity contribution in [1.82, 2.24) is 4.90 Å². The van der Waals surface area contributed by atoms with Gasteiger partial charge in [0, 0.05) is 36.8 Å². The van der Waals surface area contributed by atoms with Gasteiger partial charge in [-0.1, -0.05) is 17.7 Å². The van der Waals surface area contributed by atoms with Crippen LogP contribution in [0.3, 0.4) is 0 Å². The number of aryl methyl sites for hydroxylation is 1. The summed E-state index contributed by atoms with van der Waals surface area (Å²) in [5.74, 6) is -2.04. The molecule has 2 heterocycles. The van der Waals surface area contributed by atoms with Crippen LogP contribution in [0.25, 0.3) is 0 Å². The van der Waals surface area contributed by atoms with Crippen molar-refractivity contribution in [3.63, 3.8) is 0 Å². The van der Waals surface area contributed by atoms with Gasteiger partial charge in [-0.2, -0.15) is 0 Å². The first-order chi connectivity index (χ1) is 11.9. The monoisotopic (exact) mass is 364 g/mol. The van der Waals surface area contributed by atoms with Crippen LogP contribution >= 0.6 is 11.6 Å². The molecule has 1 N–H and O–H groups in total. The average Bonchev–Trinajstić information content (AvgIpc) is 2.98. The number of carbonyl (C=O) groups is 3. The summed E-state index contributed by atoms with van der Waals surface area (Å²) < 4.78 is 0. The number of carbonyl (C=O) groups excluding carboxylic acids is 2.